The number of aliphatic hydroxyl groups excluding tert-OH is 1. The van der Waals surface area contributed by atoms with Gasteiger partial charge in [0, 0.05) is 25.3 Å². The van der Waals surface area contributed by atoms with Crippen LogP contribution < -0.4 is 10.6 Å². The van der Waals surface area contributed by atoms with E-state index in [4.69, 9.17) is 10.4 Å². The van der Waals surface area contributed by atoms with Crippen LogP contribution in [0.15, 0.2) is 24.3 Å². The van der Waals surface area contributed by atoms with E-state index in [1.54, 1.807) is 19.1 Å². The van der Waals surface area contributed by atoms with E-state index in [9.17, 15) is 0 Å². The average Bonchev–Trinajstić information content (AvgIpc) is 2.29. The first-order valence-corrected chi connectivity index (χ1v) is 5.35. The molecule has 1 rings (SSSR count). The van der Waals surface area contributed by atoms with Crippen LogP contribution in [0.5, 0.6) is 0 Å². The minimum absolute atomic E-state index is 0.310. The molecule has 0 saturated carbocycles. The molecule has 1 atom stereocenters. The number of hydrogen-bond acceptors (Lipinski definition) is 4. The Hall–Kier alpha value is -1.57. The second kappa shape index (κ2) is 6.83. The number of nitriles is 1. The third-order valence-corrected chi connectivity index (χ3v) is 2.08. The van der Waals surface area contributed by atoms with Crippen LogP contribution >= 0.6 is 0 Å². The van der Waals surface area contributed by atoms with Crippen LogP contribution in [-0.2, 0) is 0 Å². The average molecular weight is 219 g/mol. The fraction of sp³-hybridized carbons (Fsp3) is 0.417. The smallest absolute Gasteiger partial charge is 0.0991 e. The summed E-state index contributed by atoms with van der Waals surface area (Å²) >= 11 is 0. The van der Waals surface area contributed by atoms with Crippen molar-refractivity contribution in [2.75, 3.05) is 25.0 Å². The highest BCUT2D eigenvalue weighted by Gasteiger charge is 1.95. The highest BCUT2D eigenvalue weighted by atomic mass is 16.3. The zero-order valence-corrected chi connectivity index (χ0v) is 9.40. The molecule has 0 saturated heterocycles. The van der Waals surface area contributed by atoms with Gasteiger partial charge in [-0.2, -0.15) is 5.26 Å². The van der Waals surface area contributed by atoms with Crippen LogP contribution in [0.2, 0.25) is 0 Å². The summed E-state index contributed by atoms with van der Waals surface area (Å²) in [7, 11) is 0. The summed E-state index contributed by atoms with van der Waals surface area (Å²) in [5.41, 5.74) is 1.66. The number of rotatable bonds is 6. The molecule has 1 unspecified atom stereocenters. The Labute approximate surface area is 95.9 Å². The number of nitrogens with zero attached hydrogens (tertiary/aromatic N) is 1. The van der Waals surface area contributed by atoms with Gasteiger partial charge in [-0.3, -0.25) is 0 Å². The predicted octanol–water partition coefficient (Wildman–Crippen LogP) is 0.941. The summed E-state index contributed by atoms with van der Waals surface area (Å²) in [4.78, 5) is 0. The molecule has 0 amide bonds. The van der Waals surface area contributed by atoms with Gasteiger partial charge in [-0.05, 0) is 31.2 Å². The van der Waals surface area contributed by atoms with Crippen LogP contribution in [0.3, 0.4) is 0 Å². The zero-order valence-electron chi connectivity index (χ0n) is 9.40. The Morgan fingerprint density at radius 3 is 2.56 bits per heavy atom. The predicted molar refractivity (Wildman–Crippen MR) is 64.2 cm³/mol. The van der Waals surface area contributed by atoms with Gasteiger partial charge in [0.15, 0.2) is 0 Å². The maximum atomic E-state index is 9.01. The van der Waals surface area contributed by atoms with E-state index in [-0.39, 0.29) is 6.10 Å². The molecule has 0 bridgehead atoms. The summed E-state index contributed by atoms with van der Waals surface area (Å²) < 4.78 is 0. The van der Waals surface area contributed by atoms with Crippen molar-refractivity contribution in [2.45, 2.75) is 13.0 Å². The lowest BCUT2D eigenvalue weighted by Crippen LogP contribution is -2.28. The van der Waals surface area contributed by atoms with E-state index < -0.39 is 0 Å². The maximum Gasteiger partial charge on any atom is 0.0991 e. The monoisotopic (exact) mass is 219 g/mol. The number of aliphatic hydroxyl groups is 1. The molecule has 0 heterocycles. The van der Waals surface area contributed by atoms with E-state index in [2.05, 4.69) is 16.7 Å². The third kappa shape index (κ3) is 4.78. The van der Waals surface area contributed by atoms with Crippen molar-refractivity contribution in [3.63, 3.8) is 0 Å². The van der Waals surface area contributed by atoms with Gasteiger partial charge in [-0.1, -0.05) is 0 Å². The topological polar surface area (TPSA) is 68.1 Å². The summed E-state index contributed by atoms with van der Waals surface area (Å²) in [6.45, 7) is 3.94. The first-order valence-electron chi connectivity index (χ1n) is 5.35. The number of hydrogen-bond donors (Lipinski definition) is 3. The fourth-order valence-corrected chi connectivity index (χ4v) is 1.27. The molecule has 1 aromatic carbocycles. The quantitative estimate of drug-likeness (QED) is 0.623. The Kier molecular flexibility index (Phi) is 5.34. The van der Waals surface area contributed by atoms with Gasteiger partial charge in [-0.15, -0.1) is 0 Å². The Balaban J connectivity index is 2.20. The van der Waals surface area contributed by atoms with Gasteiger partial charge in [-0.25, -0.2) is 0 Å². The Morgan fingerprint density at radius 2 is 2.00 bits per heavy atom. The van der Waals surface area contributed by atoms with Gasteiger partial charge in [0.25, 0.3) is 0 Å². The van der Waals surface area contributed by atoms with E-state index in [1.165, 1.54) is 0 Å². The van der Waals surface area contributed by atoms with E-state index >= 15 is 0 Å². The minimum atomic E-state index is -0.310. The summed E-state index contributed by atoms with van der Waals surface area (Å²) in [6.07, 6.45) is -0.310. The van der Waals surface area contributed by atoms with Gasteiger partial charge >= 0.3 is 0 Å². The summed E-state index contributed by atoms with van der Waals surface area (Å²) in [6, 6.07) is 9.41. The minimum Gasteiger partial charge on any atom is -0.392 e. The van der Waals surface area contributed by atoms with Crippen molar-refractivity contribution in [2.24, 2.45) is 0 Å². The highest BCUT2D eigenvalue weighted by Crippen LogP contribution is 2.07. The van der Waals surface area contributed by atoms with Crippen LogP contribution in [0, 0.1) is 11.3 Å². The van der Waals surface area contributed by atoms with Crippen LogP contribution in [0.1, 0.15) is 12.5 Å². The van der Waals surface area contributed by atoms with Crippen molar-refractivity contribution in [3.8, 4) is 6.07 Å². The molecular formula is C12H17N3O. The van der Waals surface area contributed by atoms with Crippen molar-refractivity contribution >= 4 is 5.69 Å². The molecule has 16 heavy (non-hydrogen) atoms. The number of nitrogens with one attached hydrogen (secondary N) is 2. The standard InChI is InChI=1S/C12H17N3O/c1-10(16)9-14-6-7-15-12-4-2-11(8-13)3-5-12/h2-5,10,14-16H,6-7,9H2,1H3. The number of benzene rings is 1. The molecule has 3 N–H and O–H groups in total. The number of anilines is 1. The molecule has 0 aromatic heterocycles. The first kappa shape index (κ1) is 12.5. The van der Waals surface area contributed by atoms with Gasteiger partial charge in [0.05, 0.1) is 17.7 Å². The Bertz CT molecular complexity index is 340. The van der Waals surface area contributed by atoms with Crippen LogP contribution in [-0.4, -0.2) is 30.8 Å². The normalized spacial score (nSPS) is 11.8. The fourth-order valence-electron chi connectivity index (χ4n) is 1.27. The van der Waals surface area contributed by atoms with Crippen LogP contribution in [0.25, 0.3) is 0 Å². The van der Waals surface area contributed by atoms with E-state index in [1.807, 2.05) is 12.1 Å². The van der Waals surface area contributed by atoms with Gasteiger partial charge in [0.2, 0.25) is 0 Å². The highest BCUT2D eigenvalue weighted by molar-refractivity contribution is 5.47. The second-order valence-electron chi connectivity index (χ2n) is 3.67. The van der Waals surface area contributed by atoms with Crippen molar-refractivity contribution in [3.05, 3.63) is 29.8 Å². The Morgan fingerprint density at radius 1 is 1.31 bits per heavy atom. The van der Waals surface area contributed by atoms with E-state index in [0.717, 1.165) is 18.8 Å². The van der Waals surface area contributed by atoms with Crippen molar-refractivity contribution in [1.82, 2.24) is 5.32 Å². The lowest BCUT2D eigenvalue weighted by molar-refractivity contribution is 0.192. The zero-order chi connectivity index (χ0) is 11.8. The van der Waals surface area contributed by atoms with Gasteiger partial charge < -0.3 is 15.7 Å². The van der Waals surface area contributed by atoms with Crippen molar-refractivity contribution < 1.29 is 5.11 Å². The molecule has 0 radical (unpaired) electrons. The van der Waals surface area contributed by atoms with Crippen LogP contribution in [0.4, 0.5) is 5.69 Å². The second-order valence-corrected chi connectivity index (χ2v) is 3.67. The van der Waals surface area contributed by atoms with Crippen molar-refractivity contribution in [1.29, 1.82) is 5.26 Å². The lowest BCUT2D eigenvalue weighted by Gasteiger charge is -2.08. The van der Waals surface area contributed by atoms with Gasteiger partial charge in [0.1, 0.15) is 0 Å². The molecule has 86 valence electrons. The molecule has 0 aliphatic rings. The summed E-state index contributed by atoms with van der Waals surface area (Å²) in [5.74, 6) is 0. The molecule has 1 aromatic rings. The van der Waals surface area contributed by atoms with E-state index in [0.29, 0.717) is 12.1 Å². The SMILES string of the molecule is CC(O)CNCCNc1ccc(C#N)cc1. The first-order chi connectivity index (χ1) is 7.72. The maximum absolute atomic E-state index is 9.01. The molecule has 0 aliphatic heterocycles. The third-order valence-electron chi connectivity index (χ3n) is 2.08. The summed E-state index contributed by atoms with van der Waals surface area (Å²) in [5, 5.41) is 24.0. The molecular weight excluding hydrogens is 202 g/mol. The molecule has 4 nitrogen and oxygen atoms in total. The molecule has 0 spiro atoms. The molecule has 0 aliphatic carbocycles. The molecule has 0 fully saturated rings. The largest absolute Gasteiger partial charge is 0.392 e. The lowest BCUT2D eigenvalue weighted by atomic mass is 10.2. The molecule has 4 heteroatoms.